The van der Waals surface area contributed by atoms with Crippen molar-refractivity contribution in [1.82, 2.24) is 0 Å². The Labute approximate surface area is 110 Å². The second kappa shape index (κ2) is 4.42. The first-order chi connectivity index (χ1) is 7.97. The van der Waals surface area contributed by atoms with Crippen LogP contribution in [-0.4, -0.2) is 17.5 Å². The average molecular weight is 298 g/mol. The number of alkyl halides is 1. The Hall–Kier alpha value is -0.870. The lowest BCUT2D eigenvalue weighted by atomic mass is 9.93. The van der Waals surface area contributed by atoms with E-state index in [0.29, 0.717) is 5.33 Å². The molecule has 1 unspecified atom stereocenters. The van der Waals surface area contributed by atoms with Crippen LogP contribution in [0.1, 0.15) is 26.3 Å². The number of fused-ring (bicyclic) bond motifs is 1. The number of hydrogen-bond donors (Lipinski definition) is 0. The molecule has 2 rings (SSSR count). The number of carbonyl (C=O) groups is 1. The third-order valence-corrected chi connectivity index (χ3v) is 3.50. The number of amides is 1. The standard InChI is InChI=1S/C13H16BrNO2/c1-9-15(12(16)8-14)11-7-5-4-6-10(11)13(2,3)17-9/h4-7,9H,8H2,1-3H3. The molecule has 0 N–H and O–H groups in total. The van der Waals surface area contributed by atoms with Gasteiger partial charge >= 0.3 is 0 Å². The molecule has 1 aliphatic rings. The van der Waals surface area contributed by atoms with Crippen LogP contribution in [0.25, 0.3) is 0 Å². The van der Waals surface area contributed by atoms with E-state index in [1.165, 1.54) is 0 Å². The average Bonchev–Trinajstić information content (AvgIpc) is 2.28. The summed E-state index contributed by atoms with van der Waals surface area (Å²) in [6.45, 7) is 5.95. The Bertz CT molecular complexity index is 445. The first-order valence-corrected chi connectivity index (χ1v) is 6.75. The molecule has 0 aromatic heterocycles. The summed E-state index contributed by atoms with van der Waals surface area (Å²) in [5, 5.41) is 0.301. The first-order valence-electron chi connectivity index (χ1n) is 5.62. The highest BCUT2D eigenvalue weighted by Gasteiger charge is 2.38. The fraction of sp³-hybridized carbons (Fsp3) is 0.462. The van der Waals surface area contributed by atoms with Crippen molar-refractivity contribution in [2.24, 2.45) is 0 Å². The van der Waals surface area contributed by atoms with E-state index >= 15 is 0 Å². The zero-order chi connectivity index (χ0) is 12.6. The number of halogens is 1. The topological polar surface area (TPSA) is 29.5 Å². The third kappa shape index (κ3) is 2.11. The normalized spacial score (nSPS) is 22.1. The van der Waals surface area contributed by atoms with Gasteiger partial charge in [0.25, 0.3) is 0 Å². The summed E-state index contributed by atoms with van der Waals surface area (Å²) in [4.78, 5) is 13.7. The molecule has 1 aromatic carbocycles. The van der Waals surface area contributed by atoms with Gasteiger partial charge in [0.15, 0.2) is 0 Å². The van der Waals surface area contributed by atoms with Crippen molar-refractivity contribution in [3.63, 3.8) is 0 Å². The summed E-state index contributed by atoms with van der Waals surface area (Å²) in [5.74, 6) is 0.0143. The van der Waals surface area contributed by atoms with E-state index in [1.54, 1.807) is 4.90 Å². The Kier molecular flexibility index (Phi) is 3.27. The van der Waals surface area contributed by atoms with Gasteiger partial charge in [0.05, 0.1) is 16.6 Å². The lowest BCUT2D eigenvalue weighted by Gasteiger charge is -2.43. The lowest BCUT2D eigenvalue weighted by Crippen LogP contribution is -2.49. The minimum atomic E-state index is -0.362. The maximum absolute atomic E-state index is 12.0. The molecule has 0 radical (unpaired) electrons. The van der Waals surface area contributed by atoms with E-state index < -0.39 is 0 Å². The van der Waals surface area contributed by atoms with Crippen molar-refractivity contribution in [2.75, 3.05) is 10.2 Å². The summed E-state index contributed by atoms with van der Waals surface area (Å²) in [5.41, 5.74) is 1.63. The van der Waals surface area contributed by atoms with Gasteiger partial charge < -0.3 is 4.74 Å². The van der Waals surface area contributed by atoms with Crippen molar-refractivity contribution >= 4 is 27.5 Å². The SMILES string of the molecule is CC1OC(C)(C)c2ccccc2N1C(=O)CBr. The molecule has 17 heavy (non-hydrogen) atoms. The highest BCUT2D eigenvalue weighted by molar-refractivity contribution is 9.09. The van der Waals surface area contributed by atoms with Crippen LogP contribution < -0.4 is 4.90 Å². The summed E-state index contributed by atoms with van der Waals surface area (Å²) in [6.07, 6.45) is -0.245. The van der Waals surface area contributed by atoms with Crippen molar-refractivity contribution in [1.29, 1.82) is 0 Å². The van der Waals surface area contributed by atoms with E-state index in [4.69, 9.17) is 4.74 Å². The Morgan fingerprint density at radius 2 is 2.12 bits per heavy atom. The molecule has 92 valence electrons. The van der Waals surface area contributed by atoms with Crippen LogP contribution in [0, 0.1) is 0 Å². The van der Waals surface area contributed by atoms with E-state index in [9.17, 15) is 4.79 Å². The molecule has 3 nitrogen and oxygen atoms in total. The summed E-state index contributed by atoms with van der Waals surface area (Å²) in [7, 11) is 0. The second-order valence-electron chi connectivity index (χ2n) is 4.64. The zero-order valence-corrected chi connectivity index (χ0v) is 11.8. The van der Waals surface area contributed by atoms with Gasteiger partial charge in [0, 0.05) is 5.56 Å². The van der Waals surface area contributed by atoms with Gasteiger partial charge in [-0.2, -0.15) is 0 Å². The Morgan fingerprint density at radius 1 is 1.47 bits per heavy atom. The van der Waals surface area contributed by atoms with Crippen LogP contribution in [0.2, 0.25) is 0 Å². The molecule has 1 amide bonds. The van der Waals surface area contributed by atoms with Gasteiger partial charge in [-0.15, -0.1) is 0 Å². The molecule has 1 aromatic rings. The van der Waals surface area contributed by atoms with E-state index in [1.807, 2.05) is 45.0 Å². The fourth-order valence-electron chi connectivity index (χ4n) is 2.33. The summed E-state index contributed by atoms with van der Waals surface area (Å²) >= 11 is 3.21. The van der Waals surface area contributed by atoms with Gasteiger partial charge in [-0.1, -0.05) is 34.1 Å². The molecule has 1 atom stereocenters. The molecule has 1 heterocycles. The smallest absolute Gasteiger partial charge is 0.239 e. The van der Waals surface area contributed by atoms with Gasteiger partial charge in [-0.25, -0.2) is 0 Å². The van der Waals surface area contributed by atoms with Crippen LogP contribution in [-0.2, 0) is 15.1 Å². The predicted molar refractivity (Wildman–Crippen MR) is 71.3 cm³/mol. The van der Waals surface area contributed by atoms with Crippen molar-refractivity contribution < 1.29 is 9.53 Å². The van der Waals surface area contributed by atoms with E-state index in [-0.39, 0.29) is 17.7 Å². The number of hydrogen-bond acceptors (Lipinski definition) is 2. The van der Waals surface area contributed by atoms with Crippen molar-refractivity contribution in [3.8, 4) is 0 Å². The van der Waals surface area contributed by atoms with Gasteiger partial charge in [-0.05, 0) is 26.8 Å². The molecule has 4 heteroatoms. The molecule has 1 aliphatic heterocycles. The van der Waals surface area contributed by atoms with Crippen LogP contribution in [0.15, 0.2) is 24.3 Å². The van der Waals surface area contributed by atoms with Crippen LogP contribution in [0.3, 0.4) is 0 Å². The molecular formula is C13H16BrNO2. The minimum absolute atomic E-state index is 0.0143. The van der Waals surface area contributed by atoms with E-state index in [2.05, 4.69) is 15.9 Å². The number of para-hydroxylation sites is 1. The molecule has 0 spiro atoms. The van der Waals surface area contributed by atoms with Gasteiger partial charge in [0.1, 0.15) is 6.23 Å². The minimum Gasteiger partial charge on any atom is -0.348 e. The number of rotatable bonds is 1. The summed E-state index contributed by atoms with van der Waals surface area (Å²) < 4.78 is 5.92. The maximum Gasteiger partial charge on any atom is 0.239 e. The molecule has 0 saturated heterocycles. The fourth-order valence-corrected chi connectivity index (χ4v) is 2.60. The predicted octanol–water partition coefficient (Wildman–Crippen LogP) is 3.03. The first kappa shape index (κ1) is 12.6. The highest BCUT2D eigenvalue weighted by atomic mass is 79.9. The van der Waals surface area contributed by atoms with Gasteiger partial charge in [0.2, 0.25) is 5.91 Å². The number of carbonyl (C=O) groups excluding carboxylic acids is 1. The maximum atomic E-state index is 12.0. The molecular weight excluding hydrogens is 282 g/mol. The molecule has 0 aliphatic carbocycles. The summed E-state index contributed by atoms with van der Waals surface area (Å²) in [6, 6.07) is 7.89. The Balaban J connectivity index is 2.54. The largest absolute Gasteiger partial charge is 0.348 e. The number of anilines is 1. The number of ether oxygens (including phenoxy) is 1. The highest BCUT2D eigenvalue weighted by Crippen LogP contribution is 2.40. The second-order valence-corrected chi connectivity index (χ2v) is 5.20. The van der Waals surface area contributed by atoms with Crippen LogP contribution in [0.5, 0.6) is 0 Å². The number of benzene rings is 1. The quantitative estimate of drug-likeness (QED) is 0.746. The molecule has 0 fully saturated rings. The monoisotopic (exact) mass is 297 g/mol. The van der Waals surface area contributed by atoms with Crippen molar-refractivity contribution in [3.05, 3.63) is 29.8 Å². The Morgan fingerprint density at radius 3 is 2.76 bits per heavy atom. The third-order valence-electron chi connectivity index (χ3n) is 3.02. The number of nitrogens with zero attached hydrogens (tertiary/aromatic N) is 1. The lowest BCUT2D eigenvalue weighted by molar-refractivity contribution is -0.125. The van der Waals surface area contributed by atoms with E-state index in [0.717, 1.165) is 11.3 Å². The molecule has 0 saturated carbocycles. The zero-order valence-electron chi connectivity index (χ0n) is 10.2. The van der Waals surface area contributed by atoms with Gasteiger partial charge in [-0.3, -0.25) is 9.69 Å². The van der Waals surface area contributed by atoms with Crippen LogP contribution in [0.4, 0.5) is 5.69 Å². The molecule has 0 bridgehead atoms. The van der Waals surface area contributed by atoms with Crippen molar-refractivity contribution in [2.45, 2.75) is 32.6 Å². The van der Waals surface area contributed by atoms with Crippen LogP contribution >= 0.6 is 15.9 Å².